The van der Waals surface area contributed by atoms with Gasteiger partial charge in [0.1, 0.15) is 11.5 Å². The van der Waals surface area contributed by atoms with E-state index in [9.17, 15) is 5.11 Å². The van der Waals surface area contributed by atoms with Crippen molar-refractivity contribution in [3.63, 3.8) is 0 Å². The Morgan fingerprint density at radius 3 is 2.73 bits per heavy atom. The van der Waals surface area contributed by atoms with Crippen LogP contribution in [-0.2, 0) is 4.84 Å². The number of ether oxygens (including phenoxy) is 1. The van der Waals surface area contributed by atoms with Crippen LogP contribution >= 0.6 is 0 Å². The van der Waals surface area contributed by atoms with Crippen molar-refractivity contribution in [1.82, 2.24) is 5.48 Å². The van der Waals surface area contributed by atoms with E-state index < -0.39 is 0 Å². The fourth-order valence-corrected chi connectivity index (χ4v) is 1.29. The van der Waals surface area contributed by atoms with E-state index in [0.717, 1.165) is 5.56 Å². The molecule has 1 unspecified atom stereocenters. The average Bonchev–Trinajstić information content (AvgIpc) is 2.25. The Morgan fingerprint density at radius 1 is 1.47 bits per heavy atom. The van der Waals surface area contributed by atoms with Crippen molar-refractivity contribution < 1.29 is 14.7 Å². The summed E-state index contributed by atoms with van der Waals surface area (Å²) in [5, 5.41) is 9.72. The summed E-state index contributed by atoms with van der Waals surface area (Å²) in [4.78, 5) is 5.07. The van der Waals surface area contributed by atoms with E-state index in [1.54, 1.807) is 19.2 Å². The monoisotopic (exact) mass is 211 g/mol. The minimum atomic E-state index is -0.0594. The number of phenolic OH excluding ortho intramolecular Hbond substituents is 1. The van der Waals surface area contributed by atoms with Crippen LogP contribution in [-0.4, -0.2) is 18.8 Å². The molecule has 0 saturated heterocycles. The summed E-state index contributed by atoms with van der Waals surface area (Å²) < 4.78 is 5.00. The van der Waals surface area contributed by atoms with E-state index in [2.05, 4.69) is 5.48 Å². The maximum absolute atomic E-state index is 9.72. The van der Waals surface area contributed by atoms with Crippen LogP contribution in [0.5, 0.6) is 11.5 Å². The summed E-state index contributed by atoms with van der Waals surface area (Å²) in [6, 6.07) is 5.14. The Kier molecular flexibility index (Phi) is 4.39. The molecular weight excluding hydrogens is 194 g/mol. The van der Waals surface area contributed by atoms with E-state index in [4.69, 9.17) is 9.57 Å². The van der Waals surface area contributed by atoms with Crippen molar-refractivity contribution in [2.75, 3.05) is 13.7 Å². The molecular formula is C11H17NO3. The highest BCUT2D eigenvalue weighted by molar-refractivity contribution is 5.41. The van der Waals surface area contributed by atoms with Crippen LogP contribution < -0.4 is 10.2 Å². The van der Waals surface area contributed by atoms with E-state index in [0.29, 0.717) is 12.4 Å². The van der Waals surface area contributed by atoms with Gasteiger partial charge in [-0.2, -0.15) is 5.48 Å². The molecule has 0 spiro atoms. The molecule has 1 atom stereocenters. The van der Waals surface area contributed by atoms with Crippen LogP contribution in [0.15, 0.2) is 18.2 Å². The molecule has 0 bridgehead atoms. The van der Waals surface area contributed by atoms with Crippen LogP contribution in [0.25, 0.3) is 0 Å². The Hall–Kier alpha value is -1.26. The minimum Gasteiger partial charge on any atom is -0.507 e. The van der Waals surface area contributed by atoms with Gasteiger partial charge in [0.25, 0.3) is 0 Å². The first kappa shape index (κ1) is 11.8. The van der Waals surface area contributed by atoms with Crippen molar-refractivity contribution in [3.05, 3.63) is 23.8 Å². The summed E-state index contributed by atoms with van der Waals surface area (Å²) in [6.07, 6.45) is 0. The van der Waals surface area contributed by atoms with Crippen molar-refractivity contribution >= 4 is 0 Å². The Balaban J connectivity index is 2.76. The van der Waals surface area contributed by atoms with Crippen LogP contribution in [0.3, 0.4) is 0 Å². The molecule has 0 aromatic heterocycles. The number of rotatable bonds is 5. The molecule has 15 heavy (non-hydrogen) atoms. The van der Waals surface area contributed by atoms with Gasteiger partial charge in [-0.25, -0.2) is 0 Å². The molecule has 0 amide bonds. The molecule has 1 aromatic rings. The van der Waals surface area contributed by atoms with Crippen molar-refractivity contribution in [3.8, 4) is 11.5 Å². The Labute approximate surface area is 89.8 Å². The summed E-state index contributed by atoms with van der Waals surface area (Å²) in [7, 11) is 1.57. The zero-order valence-corrected chi connectivity index (χ0v) is 9.28. The van der Waals surface area contributed by atoms with Gasteiger partial charge in [0, 0.05) is 11.6 Å². The second kappa shape index (κ2) is 5.58. The standard InChI is InChI=1S/C11H17NO3/c1-4-15-12-8(2)10-6-5-9(14-3)7-11(10)13/h5-8,12-13H,4H2,1-3H3. The highest BCUT2D eigenvalue weighted by atomic mass is 16.6. The lowest BCUT2D eigenvalue weighted by Crippen LogP contribution is -2.18. The molecule has 84 valence electrons. The number of phenols is 1. The number of hydroxylamine groups is 1. The Morgan fingerprint density at radius 2 is 2.20 bits per heavy atom. The second-order valence-corrected chi connectivity index (χ2v) is 3.20. The first-order valence-corrected chi connectivity index (χ1v) is 4.93. The topological polar surface area (TPSA) is 50.7 Å². The van der Waals surface area contributed by atoms with Gasteiger partial charge in [0.15, 0.2) is 0 Å². The maximum Gasteiger partial charge on any atom is 0.124 e. The normalized spacial score (nSPS) is 12.5. The molecule has 0 saturated carbocycles. The fraction of sp³-hybridized carbons (Fsp3) is 0.455. The SMILES string of the molecule is CCONC(C)c1ccc(OC)cc1O. The third-order valence-corrected chi connectivity index (χ3v) is 2.11. The van der Waals surface area contributed by atoms with Crippen LogP contribution in [0.2, 0.25) is 0 Å². The molecule has 0 aliphatic carbocycles. The highest BCUT2D eigenvalue weighted by Gasteiger charge is 2.10. The number of methoxy groups -OCH3 is 1. The van der Waals surface area contributed by atoms with E-state index in [-0.39, 0.29) is 11.8 Å². The second-order valence-electron chi connectivity index (χ2n) is 3.20. The van der Waals surface area contributed by atoms with E-state index in [1.807, 2.05) is 19.9 Å². The number of hydrogen-bond acceptors (Lipinski definition) is 4. The lowest BCUT2D eigenvalue weighted by molar-refractivity contribution is 0.0279. The van der Waals surface area contributed by atoms with Gasteiger partial charge in [0.2, 0.25) is 0 Å². The van der Waals surface area contributed by atoms with E-state index in [1.165, 1.54) is 0 Å². The van der Waals surface area contributed by atoms with Crippen molar-refractivity contribution in [1.29, 1.82) is 0 Å². The molecule has 2 N–H and O–H groups in total. The van der Waals surface area contributed by atoms with Gasteiger partial charge in [-0.3, -0.25) is 0 Å². The van der Waals surface area contributed by atoms with Gasteiger partial charge < -0.3 is 14.7 Å². The molecule has 0 aliphatic rings. The predicted molar refractivity (Wildman–Crippen MR) is 57.8 cm³/mol. The smallest absolute Gasteiger partial charge is 0.124 e. The highest BCUT2D eigenvalue weighted by Crippen LogP contribution is 2.28. The van der Waals surface area contributed by atoms with Gasteiger partial charge in [-0.15, -0.1) is 0 Å². The quantitative estimate of drug-likeness (QED) is 0.731. The van der Waals surface area contributed by atoms with E-state index >= 15 is 0 Å². The molecule has 1 rings (SSSR count). The number of nitrogens with one attached hydrogen (secondary N) is 1. The molecule has 0 fully saturated rings. The summed E-state index contributed by atoms with van der Waals surface area (Å²) in [6.45, 7) is 4.39. The third kappa shape index (κ3) is 3.11. The zero-order valence-electron chi connectivity index (χ0n) is 9.28. The summed E-state index contributed by atoms with van der Waals surface area (Å²) in [5.41, 5.74) is 3.61. The number of benzene rings is 1. The van der Waals surface area contributed by atoms with Crippen molar-refractivity contribution in [2.45, 2.75) is 19.9 Å². The third-order valence-electron chi connectivity index (χ3n) is 2.11. The summed E-state index contributed by atoms with van der Waals surface area (Å²) >= 11 is 0. The maximum atomic E-state index is 9.72. The van der Waals surface area contributed by atoms with Crippen LogP contribution in [0.4, 0.5) is 0 Å². The van der Waals surface area contributed by atoms with Gasteiger partial charge >= 0.3 is 0 Å². The molecule has 1 aromatic carbocycles. The zero-order chi connectivity index (χ0) is 11.3. The molecule has 4 heteroatoms. The fourth-order valence-electron chi connectivity index (χ4n) is 1.29. The number of aromatic hydroxyl groups is 1. The van der Waals surface area contributed by atoms with Gasteiger partial charge in [-0.1, -0.05) is 6.07 Å². The van der Waals surface area contributed by atoms with Gasteiger partial charge in [0.05, 0.1) is 19.8 Å². The first-order valence-electron chi connectivity index (χ1n) is 4.93. The van der Waals surface area contributed by atoms with Crippen molar-refractivity contribution in [2.24, 2.45) is 0 Å². The molecule has 0 aliphatic heterocycles. The van der Waals surface area contributed by atoms with Crippen LogP contribution in [0.1, 0.15) is 25.5 Å². The molecule has 0 radical (unpaired) electrons. The predicted octanol–water partition coefficient (Wildman–Crippen LogP) is 2.00. The largest absolute Gasteiger partial charge is 0.507 e. The number of hydrogen-bond donors (Lipinski definition) is 2. The van der Waals surface area contributed by atoms with Crippen LogP contribution in [0, 0.1) is 0 Å². The Bertz CT molecular complexity index is 315. The van der Waals surface area contributed by atoms with Gasteiger partial charge in [-0.05, 0) is 19.9 Å². The first-order chi connectivity index (χ1) is 7.19. The minimum absolute atomic E-state index is 0.0594. The molecule has 0 heterocycles. The lowest BCUT2D eigenvalue weighted by Gasteiger charge is -2.15. The lowest BCUT2D eigenvalue weighted by atomic mass is 10.1. The molecule has 4 nitrogen and oxygen atoms in total. The summed E-state index contributed by atoms with van der Waals surface area (Å²) in [5.74, 6) is 0.842. The average molecular weight is 211 g/mol.